The second kappa shape index (κ2) is 9.09. The Bertz CT molecular complexity index is 904. The van der Waals surface area contributed by atoms with Crippen LogP contribution >= 0.6 is 0 Å². The lowest BCUT2D eigenvalue weighted by atomic mass is 10.0. The lowest BCUT2D eigenvalue weighted by molar-refractivity contribution is 0.0599. The monoisotopic (exact) mass is 403 g/mol. The van der Waals surface area contributed by atoms with Crippen molar-refractivity contribution in [2.75, 3.05) is 43.6 Å². The number of morpholine rings is 1. The molecule has 0 spiro atoms. The van der Waals surface area contributed by atoms with Crippen molar-refractivity contribution in [2.24, 2.45) is 0 Å². The number of aromatic amines is 1. The number of carbonyl (C=O) groups excluding carboxylic acids is 2. The molecule has 0 bridgehead atoms. The number of H-pyrrole nitrogens is 1. The summed E-state index contributed by atoms with van der Waals surface area (Å²) < 4.78 is 24.7. The summed E-state index contributed by atoms with van der Waals surface area (Å²) >= 11 is 0. The van der Waals surface area contributed by atoms with E-state index in [0.717, 1.165) is 6.42 Å². The summed E-state index contributed by atoms with van der Waals surface area (Å²) in [6, 6.07) is 4.63. The summed E-state index contributed by atoms with van der Waals surface area (Å²) in [5, 5.41) is 2.72. The number of nitrogens with one attached hydrogen (secondary N) is 2. The minimum atomic E-state index is -0.484. The summed E-state index contributed by atoms with van der Waals surface area (Å²) in [5.74, 6) is -1.32. The number of anilines is 2. The smallest absolute Gasteiger partial charge is 0.339 e. The number of aromatic nitrogens is 1. The molecule has 156 valence electrons. The molecular weight excluding hydrogens is 377 g/mol. The van der Waals surface area contributed by atoms with E-state index in [1.807, 2.05) is 11.8 Å². The maximum absolute atomic E-state index is 14.6. The van der Waals surface area contributed by atoms with E-state index in [0.29, 0.717) is 66.6 Å². The molecule has 1 fully saturated rings. The molecule has 2 heterocycles. The molecule has 2 N–H and O–H groups in total. The van der Waals surface area contributed by atoms with Gasteiger partial charge in [-0.2, -0.15) is 0 Å². The van der Waals surface area contributed by atoms with E-state index in [-0.39, 0.29) is 0 Å². The Labute approximate surface area is 169 Å². The van der Waals surface area contributed by atoms with Gasteiger partial charge in [-0.3, -0.25) is 4.79 Å². The van der Waals surface area contributed by atoms with Crippen LogP contribution in [0.3, 0.4) is 0 Å². The van der Waals surface area contributed by atoms with Crippen LogP contribution in [0, 0.1) is 12.7 Å². The number of esters is 1. The van der Waals surface area contributed by atoms with Crippen LogP contribution in [0.15, 0.2) is 18.2 Å². The number of hydrogen-bond donors (Lipinski definition) is 2. The third-order valence-corrected chi connectivity index (χ3v) is 4.96. The van der Waals surface area contributed by atoms with Crippen LogP contribution in [0.2, 0.25) is 0 Å². The molecule has 7 nitrogen and oxygen atoms in total. The fourth-order valence-electron chi connectivity index (χ4n) is 3.59. The molecule has 1 aliphatic rings. The van der Waals surface area contributed by atoms with Crippen molar-refractivity contribution in [3.05, 3.63) is 46.5 Å². The molecule has 1 aliphatic heterocycles. The molecule has 0 atom stereocenters. The summed E-state index contributed by atoms with van der Waals surface area (Å²) in [7, 11) is 1.31. The summed E-state index contributed by atoms with van der Waals surface area (Å²) in [5.41, 5.74) is 2.69. The standard InChI is InChI=1S/C21H26FN3O4/c1-4-5-15-18(21(27)28-3)13(2)23-19(15)20(26)24-14-6-7-17(16(22)12-14)25-8-10-29-11-9-25/h6-7,12,23H,4-5,8-11H2,1-3H3,(H,24,26). The highest BCUT2D eigenvalue weighted by molar-refractivity contribution is 6.07. The topological polar surface area (TPSA) is 83.7 Å². The minimum absolute atomic E-state index is 0.294. The highest BCUT2D eigenvalue weighted by atomic mass is 19.1. The second-order valence-electron chi connectivity index (χ2n) is 6.94. The molecule has 0 radical (unpaired) electrons. The number of amides is 1. The van der Waals surface area contributed by atoms with Gasteiger partial charge in [0.05, 0.1) is 31.6 Å². The molecule has 3 rings (SSSR count). The van der Waals surface area contributed by atoms with Gasteiger partial charge in [0, 0.05) is 24.5 Å². The quantitative estimate of drug-likeness (QED) is 0.723. The molecule has 8 heteroatoms. The third kappa shape index (κ3) is 4.42. The van der Waals surface area contributed by atoms with Crippen molar-refractivity contribution >= 4 is 23.3 Å². The van der Waals surface area contributed by atoms with Crippen molar-refractivity contribution in [2.45, 2.75) is 26.7 Å². The van der Waals surface area contributed by atoms with Gasteiger partial charge in [0.1, 0.15) is 11.5 Å². The van der Waals surface area contributed by atoms with Gasteiger partial charge in [-0.25, -0.2) is 9.18 Å². The molecule has 1 aromatic carbocycles. The van der Waals surface area contributed by atoms with Gasteiger partial charge in [-0.1, -0.05) is 13.3 Å². The van der Waals surface area contributed by atoms with Crippen LogP contribution in [0.25, 0.3) is 0 Å². The molecule has 29 heavy (non-hydrogen) atoms. The van der Waals surface area contributed by atoms with Crippen LogP contribution in [-0.2, 0) is 15.9 Å². The fraction of sp³-hybridized carbons (Fsp3) is 0.429. The molecule has 0 saturated carbocycles. The first kappa shape index (κ1) is 20.9. The average molecular weight is 403 g/mol. The molecule has 0 aliphatic carbocycles. The molecule has 1 saturated heterocycles. The van der Waals surface area contributed by atoms with Gasteiger partial charge in [0.2, 0.25) is 0 Å². The Morgan fingerprint density at radius 1 is 1.31 bits per heavy atom. The number of aryl methyl sites for hydroxylation is 1. The summed E-state index contributed by atoms with van der Waals surface area (Å²) in [6.45, 7) is 6.06. The molecule has 1 amide bonds. The largest absolute Gasteiger partial charge is 0.465 e. The van der Waals surface area contributed by atoms with Crippen molar-refractivity contribution < 1.29 is 23.5 Å². The second-order valence-corrected chi connectivity index (χ2v) is 6.94. The lowest BCUT2D eigenvalue weighted by Crippen LogP contribution is -2.36. The Morgan fingerprint density at radius 2 is 2.03 bits per heavy atom. The predicted octanol–water partition coefficient (Wildman–Crippen LogP) is 3.29. The number of carbonyl (C=O) groups is 2. The number of rotatable bonds is 6. The first-order valence-corrected chi connectivity index (χ1v) is 9.69. The van der Waals surface area contributed by atoms with Crippen LogP contribution in [-0.4, -0.2) is 50.3 Å². The van der Waals surface area contributed by atoms with E-state index in [9.17, 15) is 14.0 Å². The number of benzene rings is 1. The third-order valence-electron chi connectivity index (χ3n) is 4.96. The van der Waals surface area contributed by atoms with Gasteiger partial charge < -0.3 is 24.7 Å². The maximum atomic E-state index is 14.6. The van der Waals surface area contributed by atoms with E-state index in [1.165, 1.54) is 13.2 Å². The van der Waals surface area contributed by atoms with E-state index in [2.05, 4.69) is 10.3 Å². The summed E-state index contributed by atoms with van der Waals surface area (Å²) in [6.07, 6.45) is 1.30. The van der Waals surface area contributed by atoms with Crippen molar-refractivity contribution in [3.8, 4) is 0 Å². The first-order chi connectivity index (χ1) is 14.0. The highest BCUT2D eigenvalue weighted by Gasteiger charge is 2.25. The molecular formula is C21H26FN3O4. The van der Waals surface area contributed by atoms with E-state index in [4.69, 9.17) is 9.47 Å². The van der Waals surface area contributed by atoms with Gasteiger partial charge in [-0.15, -0.1) is 0 Å². The number of methoxy groups -OCH3 is 1. The average Bonchev–Trinajstić information content (AvgIpc) is 3.04. The van der Waals surface area contributed by atoms with Gasteiger partial charge in [-0.05, 0) is 37.1 Å². The number of halogens is 1. The SMILES string of the molecule is CCCc1c(C(=O)Nc2ccc(N3CCOCC3)c(F)c2)[nH]c(C)c1C(=O)OC. The Kier molecular flexibility index (Phi) is 6.53. The van der Waals surface area contributed by atoms with E-state index in [1.54, 1.807) is 19.1 Å². The van der Waals surface area contributed by atoms with Crippen molar-refractivity contribution in [3.63, 3.8) is 0 Å². The van der Waals surface area contributed by atoms with Crippen LogP contribution in [0.1, 0.15) is 45.4 Å². The zero-order valence-corrected chi connectivity index (χ0v) is 16.9. The highest BCUT2D eigenvalue weighted by Crippen LogP contribution is 2.26. The zero-order chi connectivity index (χ0) is 21.0. The number of ether oxygens (including phenoxy) is 2. The molecule has 0 unspecified atom stereocenters. The van der Waals surface area contributed by atoms with Gasteiger partial charge >= 0.3 is 5.97 Å². The number of hydrogen-bond acceptors (Lipinski definition) is 5. The van der Waals surface area contributed by atoms with Crippen LogP contribution in [0.5, 0.6) is 0 Å². The van der Waals surface area contributed by atoms with Crippen LogP contribution < -0.4 is 10.2 Å². The Balaban J connectivity index is 1.83. The normalized spacial score (nSPS) is 14.0. The Morgan fingerprint density at radius 3 is 2.66 bits per heavy atom. The van der Waals surface area contributed by atoms with Crippen molar-refractivity contribution in [1.29, 1.82) is 0 Å². The van der Waals surface area contributed by atoms with Crippen molar-refractivity contribution in [1.82, 2.24) is 4.98 Å². The molecule has 1 aromatic heterocycles. The minimum Gasteiger partial charge on any atom is -0.465 e. The Hall–Kier alpha value is -2.87. The number of nitrogens with zero attached hydrogens (tertiary/aromatic N) is 1. The summed E-state index contributed by atoms with van der Waals surface area (Å²) in [4.78, 5) is 29.9. The van der Waals surface area contributed by atoms with Crippen LogP contribution in [0.4, 0.5) is 15.8 Å². The lowest BCUT2D eigenvalue weighted by Gasteiger charge is -2.29. The fourth-order valence-corrected chi connectivity index (χ4v) is 3.59. The van der Waals surface area contributed by atoms with Gasteiger partial charge in [0.15, 0.2) is 0 Å². The first-order valence-electron chi connectivity index (χ1n) is 9.69. The van der Waals surface area contributed by atoms with E-state index < -0.39 is 17.7 Å². The zero-order valence-electron chi connectivity index (χ0n) is 16.9. The predicted molar refractivity (Wildman–Crippen MR) is 108 cm³/mol. The van der Waals surface area contributed by atoms with Gasteiger partial charge in [0.25, 0.3) is 5.91 Å². The maximum Gasteiger partial charge on any atom is 0.339 e. The molecule has 2 aromatic rings. The van der Waals surface area contributed by atoms with E-state index >= 15 is 0 Å².